The predicted octanol–water partition coefficient (Wildman–Crippen LogP) is 3.79. The minimum atomic E-state index is 0.0870. The van der Waals surface area contributed by atoms with E-state index in [4.69, 9.17) is 16.0 Å². The molecule has 4 rings (SSSR count). The van der Waals surface area contributed by atoms with Crippen molar-refractivity contribution in [1.29, 1.82) is 0 Å². The molecule has 5 nitrogen and oxygen atoms in total. The number of nitrogens with zero attached hydrogens (tertiary/aromatic N) is 2. The van der Waals surface area contributed by atoms with Gasteiger partial charge in [0.1, 0.15) is 5.76 Å². The van der Waals surface area contributed by atoms with Crippen molar-refractivity contribution in [3.8, 4) is 11.5 Å². The second-order valence-corrected chi connectivity index (χ2v) is 7.83. The van der Waals surface area contributed by atoms with Gasteiger partial charge in [0, 0.05) is 29.7 Å². The molecule has 2 aromatic rings. The number of carbonyl (C=O) groups is 1. The average molecular weight is 374 g/mol. The number of amides is 1. The Labute approximate surface area is 158 Å². The molecule has 0 radical (unpaired) electrons. The summed E-state index contributed by atoms with van der Waals surface area (Å²) in [7, 11) is 0. The smallest absolute Gasteiger partial charge is 0.226 e. The molecule has 1 aromatic carbocycles. The Bertz CT molecular complexity index is 800. The van der Waals surface area contributed by atoms with Crippen LogP contribution in [-0.4, -0.2) is 34.9 Å². The molecule has 1 N–H and O–H groups in total. The lowest BCUT2D eigenvalue weighted by Crippen LogP contribution is -2.43. The van der Waals surface area contributed by atoms with Gasteiger partial charge in [-0.25, -0.2) is 4.98 Å². The van der Waals surface area contributed by atoms with Crippen molar-refractivity contribution in [2.45, 2.75) is 45.2 Å². The van der Waals surface area contributed by atoms with Gasteiger partial charge in [0.2, 0.25) is 11.8 Å². The summed E-state index contributed by atoms with van der Waals surface area (Å²) in [6.07, 6.45) is 4.28. The van der Waals surface area contributed by atoms with Crippen molar-refractivity contribution in [3.05, 3.63) is 40.7 Å². The van der Waals surface area contributed by atoms with Gasteiger partial charge in [-0.05, 0) is 57.4 Å². The SMILES string of the molecule is Cc1oc(-c2cccc(Cl)c2)nc1CN1CCCC(C(=O)NC2CC2)C1. The molecule has 1 aliphatic carbocycles. The minimum Gasteiger partial charge on any atom is -0.441 e. The number of likely N-dealkylation sites (tertiary alicyclic amines) is 1. The van der Waals surface area contributed by atoms with Crippen molar-refractivity contribution in [2.24, 2.45) is 5.92 Å². The largest absolute Gasteiger partial charge is 0.441 e. The number of halogens is 1. The fourth-order valence-corrected chi connectivity index (χ4v) is 3.68. The Morgan fingerprint density at radius 3 is 3.00 bits per heavy atom. The molecule has 1 aromatic heterocycles. The maximum atomic E-state index is 12.4. The number of carbonyl (C=O) groups excluding carboxylic acids is 1. The van der Waals surface area contributed by atoms with E-state index in [2.05, 4.69) is 15.2 Å². The topological polar surface area (TPSA) is 58.4 Å². The molecule has 1 unspecified atom stereocenters. The second-order valence-electron chi connectivity index (χ2n) is 7.39. The lowest BCUT2D eigenvalue weighted by molar-refractivity contribution is -0.126. The van der Waals surface area contributed by atoms with E-state index in [0.29, 0.717) is 23.5 Å². The third-order valence-electron chi connectivity index (χ3n) is 5.14. The first-order valence-electron chi connectivity index (χ1n) is 9.33. The van der Waals surface area contributed by atoms with E-state index in [-0.39, 0.29) is 11.8 Å². The van der Waals surface area contributed by atoms with E-state index < -0.39 is 0 Å². The van der Waals surface area contributed by atoms with Crippen LogP contribution in [0.4, 0.5) is 0 Å². The van der Waals surface area contributed by atoms with Gasteiger partial charge in [-0.15, -0.1) is 0 Å². The number of oxazole rings is 1. The summed E-state index contributed by atoms with van der Waals surface area (Å²) in [4.78, 5) is 19.3. The highest BCUT2D eigenvalue weighted by Crippen LogP contribution is 2.27. The number of rotatable bonds is 5. The van der Waals surface area contributed by atoms with Crippen molar-refractivity contribution >= 4 is 17.5 Å². The average Bonchev–Trinajstić information content (AvgIpc) is 3.37. The molecule has 1 atom stereocenters. The molecule has 1 amide bonds. The lowest BCUT2D eigenvalue weighted by Gasteiger charge is -2.31. The Hall–Kier alpha value is -1.85. The van der Waals surface area contributed by atoms with E-state index in [0.717, 1.165) is 55.8 Å². The summed E-state index contributed by atoms with van der Waals surface area (Å²) in [5, 5.41) is 3.81. The third-order valence-corrected chi connectivity index (χ3v) is 5.37. The van der Waals surface area contributed by atoms with Crippen LogP contribution in [0.2, 0.25) is 5.02 Å². The van der Waals surface area contributed by atoms with Crippen molar-refractivity contribution in [1.82, 2.24) is 15.2 Å². The molecule has 138 valence electrons. The number of piperidine rings is 1. The molecule has 6 heteroatoms. The minimum absolute atomic E-state index is 0.0870. The fraction of sp³-hybridized carbons (Fsp3) is 0.500. The van der Waals surface area contributed by atoms with Crippen molar-refractivity contribution in [3.63, 3.8) is 0 Å². The molecule has 1 saturated heterocycles. The molecule has 1 aliphatic heterocycles. The summed E-state index contributed by atoms with van der Waals surface area (Å²) >= 11 is 6.07. The van der Waals surface area contributed by atoms with Gasteiger partial charge in [-0.2, -0.15) is 0 Å². The van der Waals surface area contributed by atoms with Gasteiger partial charge in [0.15, 0.2) is 0 Å². The quantitative estimate of drug-likeness (QED) is 0.866. The van der Waals surface area contributed by atoms with Crippen LogP contribution in [-0.2, 0) is 11.3 Å². The van der Waals surface area contributed by atoms with Crippen LogP contribution in [0.25, 0.3) is 11.5 Å². The van der Waals surface area contributed by atoms with Crippen LogP contribution < -0.4 is 5.32 Å². The standard InChI is InChI=1S/C20H24ClN3O2/c1-13-18(23-20(26-13)14-4-2-6-16(21)10-14)12-24-9-3-5-15(11-24)19(25)22-17-7-8-17/h2,4,6,10,15,17H,3,5,7-9,11-12H2,1H3,(H,22,25). The van der Waals surface area contributed by atoms with E-state index in [1.165, 1.54) is 0 Å². The monoisotopic (exact) mass is 373 g/mol. The van der Waals surface area contributed by atoms with E-state index in [1.807, 2.05) is 31.2 Å². The van der Waals surface area contributed by atoms with Gasteiger partial charge in [-0.1, -0.05) is 17.7 Å². The van der Waals surface area contributed by atoms with Crippen molar-refractivity contribution in [2.75, 3.05) is 13.1 Å². The highest BCUT2D eigenvalue weighted by Gasteiger charge is 2.30. The number of aryl methyl sites for hydroxylation is 1. The van der Waals surface area contributed by atoms with Gasteiger partial charge < -0.3 is 9.73 Å². The Balaban J connectivity index is 1.42. The summed E-state index contributed by atoms with van der Waals surface area (Å²) in [6, 6.07) is 7.96. The predicted molar refractivity (Wildman–Crippen MR) is 101 cm³/mol. The van der Waals surface area contributed by atoms with Gasteiger partial charge in [0.05, 0.1) is 11.6 Å². The highest BCUT2D eigenvalue weighted by atomic mass is 35.5. The second kappa shape index (κ2) is 7.41. The first-order valence-corrected chi connectivity index (χ1v) is 9.71. The van der Waals surface area contributed by atoms with E-state index in [1.54, 1.807) is 0 Å². The summed E-state index contributed by atoms with van der Waals surface area (Å²) in [5.41, 5.74) is 1.82. The summed E-state index contributed by atoms with van der Waals surface area (Å²) in [6.45, 7) is 4.43. The maximum Gasteiger partial charge on any atom is 0.226 e. The van der Waals surface area contributed by atoms with Crippen LogP contribution in [0.5, 0.6) is 0 Å². The van der Waals surface area contributed by atoms with Crippen LogP contribution >= 0.6 is 11.6 Å². The number of aromatic nitrogens is 1. The molecule has 0 spiro atoms. The van der Waals surface area contributed by atoms with Gasteiger partial charge in [0.25, 0.3) is 0 Å². The fourth-order valence-electron chi connectivity index (χ4n) is 3.49. The maximum absolute atomic E-state index is 12.4. The number of benzene rings is 1. The number of nitrogens with one attached hydrogen (secondary N) is 1. The van der Waals surface area contributed by atoms with Gasteiger partial charge >= 0.3 is 0 Å². The Morgan fingerprint density at radius 1 is 1.38 bits per heavy atom. The molecule has 2 heterocycles. The first kappa shape index (κ1) is 17.6. The zero-order valence-electron chi connectivity index (χ0n) is 15.0. The molecule has 2 aliphatic rings. The number of hydrogen-bond acceptors (Lipinski definition) is 4. The summed E-state index contributed by atoms with van der Waals surface area (Å²) in [5.74, 6) is 1.72. The zero-order chi connectivity index (χ0) is 18.1. The highest BCUT2D eigenvalue weighted by molar-refractivity contribution is 6.30. The van der Waals surface area contributed by atoms with Crippen LogP contribution in [0.3, 0.4) is 0 Å². The third kappa shape index (κ3) is 4.10. The molecular weight excluding hydrogens is 350 g/mol. The zero-order valence-corrected chi connectivity index (χ0v) is 15.8. The first-order chi connectivity index (χ1) is 12.6. The molecule has 0 bridgehead atoms. The normalized spacial score (nSPS) is 20.9. The Morgan fingerprint density at radius 2 is 2.23 bits per heavy atom. The van der Waals surface area contributed by atoms with E-state index >= 15 is 0 Å². The van der Waals surface area contributed by atoms with Crippen LogP contribution in [0.1, 0.15) is 37.1 Å². The van der Waals surface area contributed by atoms with Crippen molar-refractivity contribution < 1.29 is 9.21 Å². The molecule has 26 heavy (non-hydrogen) atoms. The van der Waals surface area contributed by atoms with Crippen LogP contribution in [0, 0.1) is 12.8 Å². The van der Waals surface area contributed by atoms with Gasteiger partial charge in [-0.3, -0.25) is 9.69 Å². The Kier molecular flexibility index (Phi) is 5.00. The number of hydrogen-bond donors (Lipinski definition) is 1. The molecule has 1 saturated carbocycles. The van der Waals surface area contributed by atoms with Crippen LogP contribution in [0.15, 0.2) is 28.7 Å². The lowest BCUT2D eigenvalue weighted by atomic mass is 9.97. The molecule has 2 fully saturated rings. The molecular formula is C20H24ClN3O2. The van der Waals surface area contributed by atoms with E-state index in [9.17, 15) is 4.79 Å². The summed E-state index contributed by atoms with van der Waals surface area (Å²) < 4.78 is 5.86.